The maximum Gasteiger partial charge on any atom is 0.327 e. The first-order valence-corrected chi connectivity index (χ1v) is 10.3. The lowest BCUT2D eigenvalue weighted by molar-refractivity contribution is -0.143. The van der Waals surface area contributed by atoms with Crippen molar-refractivity contribution in [2.45, 2.75) is 13.5 Å². The summed E-state index contributed by atoms with van der Waals surface area (Å²) in [6.45, 7) is 1.07. The van der Waals surface area contributed by atoms with E-state index in [4.69, 9.17) is 9.15 Å². The molecule has 9 heteroatoms. The van der Waals surface area contributed by atoms with Gasteiger partial charge in [0, 0.05) is 5.56 Å². The maximum absolute atomic E-state index is 12.2. The molecule has 8 nitrogen and oxygen atoms in total. The molecule has 0 aliphatic carbocycles. The molecule has 0 fully saturated rings. The Balaban J connectivity index is 1.66. The van der Waals surface area contributed by atoms with Gasteiger partial charge >= 0.3 is 5.97 Å². The molecule has 0 spiro atoms. The Morgan fingerprint density at radius 2 is 1.75 bits per heavy atom. The third-order valence-corrected chi connectivity index (χ3v) is 5.03. The van der Waals surface area contributed by atoms with Crippen LogP contribution in [0.15, 0.2) is 59.0 Å². The van der Waals surface area contributed by atoms with E-state index in [-0.39, 0.29) is 12.5 Å². The van der Waals surface area contributed by atoms with Crippen LogP contribution in [0, 0.1) is 6.92 Å². The molecule has 1 aromatic heterocycles. The second-order valence-corrected chi connectivity index (χ2v) is 7.99. The van der Waals surface area contributed by atoms with Gasteiger partial charge in [0.15, 0.2) is 6.61 Å². The van der Waals surface area contributed by atoms with Gasteiger partial charge in [0.2, 0.25) is 15.9 Å². The summed E-state index contributed by atoms with van der Waals surface area (Å²) in [5.41, 5.74) is 1.90. The lowest BCUT2D eigenvalue weighted by atomic mass is 10.2. The van der Waals surface area contributed by atoms with E-state index in [1.165, 1.54) is 0 Å². The van der Waals surface area contributed by atoms with Crippen LogP contribution in [-0.4, -0.2) is 37.4 Å². The number of carbonyl (C=O) groups is 1. The van der Waals surface area contributed by atoms with E-state index in [1.807, 2.05) is 30.3 Å². The fourth-order valence-corrected chi connectivity index (χ4v) is 3.44. The zero-order valence-electron chi connectivity index (χ0n) is 15.4. The third kappa shape index (κ3) is 4.74. The zero-order chi connectivity index (χ0) is 20.1. The number of aryl methyl sites for hydroxylation is 1. The fraction of sp³-hybridized carbons (Fsp3) is 0.211. The smallest absolute Gasteiger partial charge is 0.327 e. The highest BCUT2D eigenvalue weighted by molar-refractivity contribution is 7.92. The average molecular weight is 401 g/mol. The van der Waals surface area contributed by atoms with Crippen LogP contribution < -0.4 is 4.31 Å². The van der Waals surface area contributed by atoms with Gasteiger partial charge in [0.05, 0.1) is 11.9 Å². The predicted molar refractivity (Wildman–Crippen MR) is 103 cm³/mol. The van der Waals surface area contributed by atoms with Crippen LogP contribution in [0.3, 0.4) is 0 Å². The minimum absolute atomic E-state index is 0.119. The number of ether oxygens (including phenoxy) is 1. The molecule has 0 amide bonds. The second-order valence-electron chi connectivity index (χ2n) is 6.08. The van der Waals surface area contributed by atoms with Gasteiger partial charge in [0.25, 0.3) is 5.89 Å². The summed E-state index contributed by atoms with van der Waals surface area (Å²) in [7, 11) is -3.67. The third-order valence-electron chi connectivity index (χ3n) is 3.90. The number of para-hydroxylation sites is 1. The Morgan fingerprint density at radius 3 is 2.43 bits per heavy atom. The van der Waals surface area contributed by atoms with Crippen molar-refractivity contribution in [3.63, 3.8) is 0 Å². The standard InChI is InChI=1S/C19H19N3O5S/c1-14-8-6-7-11-16(14)22(28(2,24)25)12-18(23)26-13-17-20-21-19(27-17)15-9-4-3-5-10-15/h3-11H,12-13H2,1-2H3. The monoisotopic (exact) mass is 401 g/mol. The van der Waals surface area contributed by atoms with Gasteiger partial charge in [-0.3, -0.25) is 9.10 Å². The SMILES string of the molecule is Cc1ccccc1N(CC(=O)OCc1nnc(-c2ccccc2)o1)S(C)(=O)=O. The van der Waals surface area contributed by atoms with E-state index < -0.39 is 22.5 Å². The molecule has 3 rings (SSSR count). The van der Waals surface area contributed by atoms with Gasteiger partial charge in [-0.05, 0) is 30.7 Å². The van der Waals surface area contributed by atoms with E-state index in [1.54, 1.807) is 31.2 Å². The average Bonchev–Trinajstić information content (AvgIpc) is 3.14. The Hall–Kier alpha value is -3.20. The van der Waals surface area contributed by atoms with E-state index in [2.05, 4.69) is 10.2 Å². The molecule has 0 bridgehead atoms. The van der Waals surface area contributed by atoms with Gasteiger partial charge < -0.3 is 9.15 Å². The fourth-order valence-electron chi connectivity index (χ4n) is 2.54. The van der Waals surface area contributed by atoms with Crippen molar-refractivity contribution in [2.75, 3.05) is 17.1 Å². The van der Waals surface area contributed by atoms with Crippen LogP contribution in [0.5, 0.6) is 0 Å². The van der Waals surface area contributed by atoms with Crippen molar-refractivity contribution in [1.29, 1.82) is 0 Å². The molecule has 0 saturated carbocycles. The van der Waals surface area contributed by atoms with Crippen LogP contribution in [0.1, 0.15) is 11.5 Å². The van der Waals surface area contributed by atoms with Crippen molar-refractivity contribution in [3.8, 4) is 11.5 Å². The molecule has 146 valence electrons. The van der Waals surface area contributed by atoms with E-state index in [0.717, 1.165) is 21.7 Å². The van der Waals surface area contributed by atoms with Crippen molar-refractivity contribution < 1.29 is 22.4 Å². The van der Waals surface area contributed by atoms with E-state index in [0.29, 0.717) is 11.6 Å². The van der Waals surface area contributed by atoms with Gasteiger partial charge in [-0.25, -0.2) is 8.42 Å². The number of benzene rings is 2. The summed E-state index contributed by atoms with van der Waals surface area (Å²) in [5, 5.41) is 7.75. The number of esters is 1. The van der Waals surface area contributed by atoms with Crippen molar-refractivity contribution >= 4 is 21.7 Å². The lowest BCUT2D eigenvalue weighted by Crippen LogP contribution is -2.36. The summed E-state index contributed by atoms with van der Waals surface area (Å²) in [4.78, 5) is 12.2. The van der Waals surface area contributed by atoms with E-state index in [9.17, 15) is 13.2 Å². The molecule has 28 heavy (non-hydrogen) atoms. The molecule has 0 saturated heterocycles. The summed E-state index contributed by atoms with van der Waals surface area (Å²) in [5.74, 6) is -0.300. The Bertz CT molecular complexity index is 1060. The lowest BCUT2D eigenvalue weighted by Gasteiger charge is -2.22. The minimum atomic E-state index is -3.67. The van der Waals surface area contributed by atoms with Crippen LogP contribution >= 0.6 is 0 Å². The normalized spacial score (nSPS) is 11.2. The number of aromatic nitrogens is 2. The Morgan fingerprint density at radius 1 is 1.07 bits per heavy atom. The highest BCUT2D eigenvalue weighted by atomic mass is 32.2. The van der Waals surface area contributed by atoms with Gasteiger partial charge in [-0.15, -0.1) is 10.2 Å². The summed E-state index contributed by atoms with van der Waals surface area (Å²) in [6.07, 6.45) is 1.04. The first kappa shape index (κ1) is 19.6. The van der Waals surface area contributed by atoms with Gasteiger partial charge in [-0.1, -0.05) is 36.4 Å². The van der Waals surface area contributed by atoms with Crippen LogP contribution in [0.25, 0.3) is 11.5 Å². The predicted octanol–water partition coefficient (Wildman–Crippen LogP) is 2.55. The van der Waals surface area contributed by atoms with Crippen molar-refractivity contribution in [1.82, 2.24) is 10.2 Å². The highest BCUT2D eigenvalue weighted by Gasteiger charge is 2.23. The Kier molecular flexibility index (Phi) is 5.74. The first-order chi connectivity index (χ1) is 13.3. The second kappa shape index (κ2) is 8.22. The topological polar surface area (TPSA) is 103 Å². The van der Waals surface area contributed by atoms with Crippen molar-refractivity contribution in [2.24, 2.45) is 0 Å². The molecule has 0 N–H and O–H groups in total. The summed E-state index contributed by atoms with van der Waals surface area (Å²) < 4.78 is 35.9. The zero-order valence-corrected chi connectivity index (χ0v) is 16.2. The van der Waals surface area contributed by atoms with Crippen LogP contribution in [0.2, 0.25) is 0 Å². The molecule has 0 aliphatic heterocycles. The van der Waals surface area contributed by atoms with E-state index >= 15 is 0 Å². The molecule has 2 aromatic carbocycles. The number of hydrogen-bond acceptors (Lipinski definition) is 7. The molecular formula is C19H19N3O5S. The molecule has 0 aliphatic rings. The van der Waals surface area contributed by atoms with Crippen LogP contribution in [-0.2, 0) is 26.2 Å². The largest absolute Gasteiger partial charge is 0.454 e. The molecule has 0 atom stereocenters. The molecule has 1 heterocycles. The number of rotatable bonds is 7. The number of nitrogens with zero attached hydrogens (tertiary/aromatic N) is 3. The van der Waals surface area contributed by atoms with Crippen LogP contribution in [0.4, 0.5) is 5.69 Å². The van der Waals surface area contributed by atoms with Gasteiger partial charge in [0.1, 0.15) is 6.54 Å². The first-order valence-electron chi connectivity index (χ1n) is 8.41. The summed E-state index contributed by atoms with van der Waals surface area (Å²) >= 11 is 0. The van der Waals surface area contributed by atoms with Crippen molar-refractivity contribution in [3.05, 3.63) is 66.1 Å². The Labute approximate surface area is 162 Å². The molecule has 0 radical (unpaired) electrons. The maximum atomic E-state index is 12.2. The number of carbonyl (C=O) groups excluding carboxylic acids is 1. The molecule has 0 unspecified atom stereocenters. The van der Waals surface area contributed by atoms with Gasteiger partial charge in [-0.2, -0.15) is 0 Å². The quantitative estimate of drug-likeness (QED) is 0.561. The summed E-state index contributed by atoms with van der Waals surface area (Å²) in [6, 6.07) is 16.1. The highest BCUT2D eigenvalue weighted by Crippen LogP contribution is 2.22. The molecule has 3 aromatic rings. The minimum Gasteiger partial charge on any atom is -0.454 e. The molecular weight excluding hydrogens is 382 g/mol. The number of hydrogen-bond donors (Lipinski definition) is 0. The number of sulfonamides is 1. The number of anilines is 1.